The lowest BCUT2D eigenvalue weighted by molar-refractivity contribution is 0.467. The number of hydrogen-bond donors (Lipinski definition) is 1. The van der Waals surface area contributed by atoms with Gasteiger partial charge in [-0.3, -0.25) is 0 Å². The van der Waals surface area contributed by atoms with Gasteiger partial charge in [0.2, 0.25) is 0 Å². The van der Waals surface area contributed by atoms with Crippen LogP contribution in [0.15, 0.2) is 17.5 Å². The van der Waals surface area contributed by atoms with Crippen molar-refractivity contribution in [1.82, 2.24) is 0 Å². The van der Waals surface area contributed by atoms with Gasteiger partial charge in [0.05, 0.1) is 16.1 Å². The summed E-state index contributed by atoms with van der Waals surface area (Å²) in [7, 11) is 0. The van der Waals surface area contributed by atoms with Crippen LogP contribution in [-0.4, -0.2) is 5.11 Å². The van der Waals surface area contributed by atoms with E-state index in [2.05, 4.69) is 28.7 Å². The second-order valence-electron chi connectivity index (χ2n) is 2.87. The molecule has 0 radical (unpaired) electrons. The molecule has 0 unspecified atom stereocenters. The number of nitriles is 1. The third-order valence-corrected chi connectivity index (χ3v) is 3.97. The van der Waals surface area contributed by atoms with Crippen LogP contribution in [0, 0.1) is 14.9 Å². The molecule has 2 rings (SSSR count). The predicted octanol–water partition coefficient (Wildman–Crippen LogP) is 3.28. The monoisotopic (exact) mass is 315 g/mol. The van der Waals surface area contributed by atoms with Crippen molar-refractivity contribution < 1.29 is 5.11 Å². The SMILES string of the molecule is N#CCc1cc2sccc2c(I)c1O. The van der Waals surface area contributed by atoms with Gasteiger partial charge in [0.1, 0.15) is 5.75 Å². The molecular formula is C10H6INOS. The zero-order valence-electron chi connectivity index (χ0n) is 7.12. The Hall–Kier alpha value is -0.800. The van der Waals surface area contributed by atoms with Crippen LogP contribution in [0.4, 0.5) is 0 Å². The first-order chi connectivity index (χ1) is 6.74. The van der Waals surface area contributed by atoms with E-state index in [0.717, 1.165) is 13.7 Å². The van der Waals surface area contributed by atoms with E-state index >= 15 is 0 Å². The average molecular weight is 315 g/mol. The molecule has 2 aromatic rings. The molecule has 0 saturated carbocycles. The Kier molecular flexibility index (Phi) is 2.61. The van der Waals surface area contributed by atoms with Crippen molar-refractivity contribution in [3.05, 3.63) is 26.6 Å². The molecule has 0 saturated heterocycles. The molecule has 1 aromatic carbocycles. The topological polar surface area (TPSA) is 44.0 Å². The van der Waals surface area contributed by atoms with Crippen molar-refractivity contribution in [2.75, 3.05) is 0 Å². The molecule has 4 heteroatoms. The number of fused-ring (bicyclic) bond motifs is 1. The average Bonchev–Trinajstić information content (AvgIpc) is 2.62. The first kappa shape index (κ1) is 9.74. The third kappa shape index (κ3) is 1.47. The summed E-state index contributed by atoms with van der Waals surface area (Å²) in [5, 5.41) is 21.4. The van der Waals surface area contributed by atoms with Gasteiger partial charge in [0.25, 0.3) is 0 Å². The number of nitrogens with zero attached hydrogens (tertiary/aromatic N) is 1. The van der Waals surface area contributed by atoms with E-state index < -0.39 is 0 Å². The quantitative estimate of drug-likeness (QED) is 0.821. The Morgan fingerprint density at radius 2 is 2.36 bits per heavy atom. The minimum atomic E-state index is 0.248. The minimum absolute atomic E-state index is 0.248. The van der Waals surface area contributed by atoms with Crippen LogP contribution in [0.2, 0.25) is 0 Å². The highest BCUT2D eigenvalue weighted by atomic mass is 127. The van der Waals surface area contributed by atoms with E-state index in [1.807, 2.05) is 17.5 Å². The van der Waals surface area contributed by atoms with Gasteiger partial charge in [-0.25, -0.2) is 0 Å². The van der Waals surface area contributed by atoms with E-state index in [9.17, 15) is 5.11 Å². The van der Waals surface area contributed by atoms with Gasteiger partial charge in [-0.05, 0) is 40.1 Å². The highest BCUT2D eigenvalue weighted by molar-refractivity contribution is 14.1. The second kappa shape index (κ2) is 3.75. The van der Waals surface area contributed by atoms with E-state index in [1.54, 1.807) is 11.3 Å². The Morgan fingerprint density at radius 1 is 1.57 bits per heavy atom. The van der Waals surface area contributed by atoms with Gasteiger partial charge in [-0.15, -0.1) is 11.3 Å². The molecular weight excluding hydrogens is 309 g/mol. The number of thiophene rings is 1. The summed E-state index contributed by atoms with van der Waals surface area (Å²) in [6, 6.07) is 5.92. The van der Waals surface area contributed by atoms with Crippen molar-refractivity contribution in [3.63, 3.8) is 0 Å². The molecule has 1 aromatic heterocycles. The lowest BCUT2D eigenvalue weighted by Gasteiger charge is -2.03. The van der Waals surface area contributed by atoms with Crippen LogP contribution >= 0.6 is 33.9 Å². The summed E-state index contributed by atoms with van der Waals surface area (Å²) in [5.41, 5.74) is 0.715. The molecule has 0 fully saturated rings. The zero-order valence-corrected chi connectivity index (χ0v) is 10.1. The van der Waals surface area contributed by atoms with Gasteiger partial charge in [-0.1, -0.05) is 0 Å². The van der Waals surface area contributed by atoms with Crippen molar-refractivity contribution in [2.45, 2.75) is 6.42 Å². The molecule has 0 aliphatic rings. The van der Waals surface area contributed by atoms with Crippen molar-refractivity contribution >= 4 is 44.0 Å². The number of benzene rings is 1. The molecule has 70 valence electrons. The summed E-state index contributed by atoms with van der Waals surface area (Å²) in [5.74, 6) is 0.248. The molecule has 1 N–H and O–H groups in total. The van der Waals surface area contributed by atoms with Crippen LogP contribution in [0.25, 0.3) is 10.1 Å². The van der Waals surface area contributed by atoms with Gasteiger partial charge < -0.3 is 5.11 Å². The van der Waals surface area contributed by atoms with E-state index in [-0.39, 0.29) is 12.2 Å². The fourth-order valence-corrected chi connectivity index (χ4v) is 3.19. The van der Waals surface area contributed by atoms with Crippen molar-refractivity contribution in [1.29, 1.82) is 5.26 Å². The maximum absolute atomic E-state index is 9.79. The lowest BCUT2D eigenvalue weighted by atomic mass is 10.1. The van der Waals surface area contributed by atoms with Crippen LogP contribution in [-0.2, 0) is 6.42 Å². The van der Waals surface area contributed by atoms with Crippen LogP contribution in [0.5, 0.6) is 5.75 Å². The van der Waals surface area contributed by atoms with Crippen LogP contribution < -0.4 is 0 Å². The first-order valence-corrected chi connectivity index (χ1v) is 5.94. The van der Waals surface area contributed by atoms with E-state index in [1.165, 1.54) is 0 Å². The molecule has 1 heterocycles. The summed E-state index contributed by atoms with van der Waals surface area (Å²) in [6.45, 7) is 0. The Labute approximate surface area is 98.9 Å². The highest BCUT2D eigenvalue weighted by Gasteiger charge is 2.10. The Morgan fingerprint density at radius 3 is 3.07 bits per heavy atom. The number of hydrogen-bond acceptors (Lipinski definition) is 3. The van der Waals surface area contributed by atoms with Gasteiger partial charge in [-0.2, -0.15) is 5.26 Å². The normalized spacial score (nSPS) is 10.3. The number of halogens is 1. The number of phenols is 1. The van der Waals surface area contributed by atoms with E-state index in [0.29, 0.717) is 5.56 Å². The summed E-state index contributed by atoms with van der Waals surface area (Å²) >= 11 is 3.74. The fourth-order valence-electron chi connectivity index (χ4n) is 1.33. The number of rotatable bonds is 1. The molecule has 0 spiro atoms. The van der Waals surface area contributed by atoms with Gasteiger partial charge in [0, 0.05) is 15.6 Å². The number of phenolic OH excluding ortho intramolecular Hbond substituents is 1. The largest absolute Gasteiger partial charge is 0.506 e. The lowest BCUT2D eigenvalue weighted by Crippen LogP contribution is -1.86. The summed E-state index contributed by atoms with van der Waals surface area (Å²) in [6.07, 6.45) is 0.260. The first-order valence-electron chi connectivity index (χ1n) is 3.98. The highest BCUT2D eigenvalue weighted by Crippen LogP contribution is 2.35. The molecule has 0 aliphatic carbocycles. The molecule has 2 nitrogen and oxygen atoms in total. The summed E-state index contributed by atoms with van der Waals surface area (Å²) < 4.78 is 1.96. The van der Waals surface area contributed by atoms with Crippen LogP contribution in [0.3, 0.4) is 0 Å². The fraction of sp³-hybridized carbons (Fsp3) is 0.100. The molecule has 14 heavy (non-hydrogen) atoms. The standard InChI is InChI=1S/C10H6INOS/c11-9-7-2-4-14-8(7)5-6(1-3-12)10(9)13/h2,4-5,13H,1H2. The Bertz CT molecular complexity index is 527. The van der Waals surface area contributed by atoms with Crippen molar-refractivity contribution in [3.8, 4) is 11.8 Å². The maximum Gasteiger partial charge on any atom is 0.133 e. The van der Waals surface area contributed by atoms with Crippen molar-refractivity contribution in [2.24, 2.45) is 0 Å². The third-order valence-electron chi connectivity index (χ3n) is 2.02. The molecule has 0 aliphatic heterocycles. The predicted molar refractivity (Wildman–Crippen MR) is 65.5 cm³/mol. The number of aromatic hydroxyl groups is 1. The second-order valence-corrected chi connectivity index (χ2v) is 4.89. The Balaban J connectivity index is 2.75. The minimum Gasteiger partial charge on any atom is -0.506 e. The maximum atomic E-state index is 9.79. The van der Waals surface area contributed by atoms with Gasteiger partial charge in [0.15, 0.2) is 0 Å². The molecule has 0 atom stereocenters. The molecule has 0 amide bonds. The van der Waals surface area contributed by atoms with E-state index in [4.69, 9.17) is 5.26 Å². The summed E-state index contributed by atoms with van der Waals surface area (Å²) in [4.78, 5) is 0. The molecule has 0 bridgehead atoms. The van der Waals surface area contributed by atoms with Crippen LogP contribution in [0.1, 0.15) is 5.56 Å². The zero-order chi connectivity index (χ0) is 10.1. The van der Waals surface area contributed by atoms with Gasteiger partial charge >= 0.3 is 0 Å². The smallest absolute Gasteiger partial charge is 0.133 e.